The Hall–Kier alpha value is -1.92. The largest absolute Gasteiger partial charge is 0.418 e. The fraction of sp³-hybridized carbons (Fsp3) is 0.500. The number of primary amides is 1. The average molecular weight is 301 g/mol. The highest BCUT2D eigenvalue weighted by atomic mass is 19.4. The summed E-state index contributed by atoms with van der Waals surface area (Å²) >= 11 is 0. The van der Waals surface area contributed by atoms with Crippen molar-refractivity contribution < 1.29 is 18.0 Å². The van der Waals surface area contributed by atoms with E-state index < -0.39 is 11.7 Å². The number of nitrogens with two attached hydrogens (primary N) is 2. The molecule has 0 radical (unpaired) electrons. The van der Waals surface area contributed by atoms with Crippen molar-refractivity contribution in [3.8, 4) is 0 Å². The number of piperidine rings is 1. The molecule has 7 heteroatoms. The molecule has 1 saturated heterocycles. The van der Waals surface area contributed by atoms with E-state index in [1.54, 1.807) is 4.90 Å². The van der Waals surface area contributed by atoms with Crippen molar-refractivity contribution in [1.29, 1.82) is 0 Å². The fourth-order valence-electron chi connectivity index (χ4n) is 2.72. The molecule has 0 aliphatic carbocycles. The van der Waals surface area contributed by atoms with E-state index in [0.29, 0.717) is 32.4 Å². The molecule has 21 heavy (non-hydrogen) atoms. The Morgan fingerprint density at radius 1 is 1.29 bits per heavy atom. The molecule has 0 saturated carbocycles. The molecular formula is C14H18F3N3O. The first-order valence-electron chi connectivity index (χ1n) is 6.77. The van der Waals surface area contributed by atoms with Crippen LogP contribution in [0.4, 0.5) is 24.5 Å². The van der Waals surface area contributed by atoms with Crippen molar-refractivity contribution in [3.05, 3.63) is 23.8 Å². The zero-order chi connectivity index (χ0) is 15.6. The van der Waals surface area contributed by atoms with Gasteiger partial charge in [-0.15, -0.1) is 0 Å². The third kappa shape index (κ3) is 3.80. The molecule has 1 heterocycles. The van der Waals surface area contributed by atoms with E-state index in [2.05, 4.69) is 0 Å². The average Bonchev–Trinajstić information content (AvgIpc) is 2.38. The van der Waals surface area contributed by atoms with Crippen LogP contribution >= 0.6 is 0 Å². The number of carbonyl (C=O) groups is 1. The number of anilines is 2. The maximum absolute atomic E-state index is 13.1. The van der Waals surface area contributed by atoms with E-state index in [0.717, 1.165) is 6.07 Å². The van der Waals surface area contributed by atoms with Crippen LogP contribution < -0.4 is 16.4 Å². The first kappa shape index (κ1) is 15.5. The number of amides is 1. The standard InChI is InChI=1S/C14H18F3N3O/c15-14(16,17)11-8-10(18)1-2-12(11)20-5-3-9(4-6-20)7-13(19)21/h1-2,8-9H,3-7,18H2,(H2,19,21). The van der Waals surface area contributed by atoms with E-state index in [1.807, 2.05) is 0 Å². The van der Waals surface area contributed by atoms with Crippen molar-refractivity contribution >= 4 is 17.3 Å². The van der Waals surface area contributed by atoms with Gasteiger partial charge < -0.3 is 16.4 Å². The van der Waals surface area contributed by atoms with Gasteiger partial charge in [-0.3, -0.25) is 4.79 Å². The monoisotopic (exact) mass is 301 g/mol. The van der Waals surface area contributed by atoms with Crippen LogP contribution in [0.3, 0.4) is 0 Å². The van der Waals surface area contributed by atoms with Gasteiger partial charge in [-0.05, 0) is 37.0 Å². The Balaban J connectivity index is 2.15. The van der Waals surface area contributed by atoms with Gasteiger partial charge in [0.1, 0.15) is 0 Å². The normalized spacial score (nSPS) is 17.0. The number of nitrogens with zero attached hydrogens (tertiary/aromatic N) is 1. The third-order valence-corrected chi connectivity index (χ3v) is 3.77. The number of carbonyl (C=O) groups excluding carboxylic acids is 1. The zero-order valence-electron chi connectivity index (χ0n) is 11.5. The second-order valence-corrected chi connectivity index (χ2v) is 5.38. The Morgan fingerprint density at radius 2 is 1.90 bits per heavy atom. The second kappa shape index (κ2) is 5.83. The minimum Gasteiger partial charge on any atom is -0.399 e. The van der Waals surface area contributed by atoms with Gasteiger partial charge in [0.05, 0.1) is 5.56 Å². The maximum atomic E-state index is 13.1. The highest BCUT2D eigenvalue weighted by molar-refractivity contribution is 5.74. The molecule has 4 nitrogen and oxygen atoms in total. The lowest BCUT2D eigenvalue weighted by Crippen LogP contribution is -2.36. The van der Waals surface area contributed by atoms with Crippen molar-refractivity contribution in [2.45, 2.75) is 25.4 Å². The molecule has 4 N–H and O–H groups in total. The van der Waals surface area contributed by atoms with Crippen LogP contribution in [-0.4, -0.2) is 19.0 Å². The zero-order valence-corrected chi connectivity index (χ0v) is 11.5. The summed E-state index contributed by atoms with van der Waals surface area (Å²) in [5.41, 5.74) is 10.1. The lowest BCUT2D eigenvalue weighted by molar-refractivity contribution is -0.137. The molecule has 1 aromatic carbocycles. The molecule has 1 fully saturated rings. The SMILES string of the molecule is NC(=O)CC1CCN(c2ccc(N)cc2C(F)(F)F)CC1. The molecule has 0 atom stereocenters. The van der Waals surface area contributed by atoms with Crippen LogP contribution in [0.5, 0.6) is 0 Å². The summed E-state index contributed by atoms with van der Waals surface area (Å²) in [4.78, 5) is 12.6. The number of hydrogen-bond donors (Lipinski definition) is 2. The van der Waals surface area contributed by atoms with Crippen molar-refractivity contribution in [2.75, 3.05) is 23.7 Å². The van der Waals surface area contributed by atoms with Gasteiger partial charge in [-0.25, -0.2) is 0 Å². The topological polar surface area (TPSA) is 72.4 Å². The first-order chi connectivity index (χ1) is 9.77. The number of hydrogen-bond acceptors (Lipinski definition) is 3. The van der Waals surface area contributed by atoms with Crippen LogP contribution in [0.1, 0.15) is 24.8 Å². The lowest BCUT2D eigenvalue weighted by atomic mass is 9.92. The van der Waals surface area contributed by atoms with Gasteiger partial charge in [0.2, 0.25) is 5.91 Å². The van der Waals surface area contributed by atoms with Crippen molar-refractivity contribution in [2.24, 2.45) is 11.7 Å². The highest BCUT2D eigenvalue weighted by Crippen LogP contribution is 2.39. The molecule has 1 aliphatic rings. The minimum atomic E-state index is -4.44. The van der Waals surface area contributed by atoms with Crippen LogP contribution in [0.15, 0.2) is 18.2 Å². The summed E-state index contributed by atoms with van der Waals surface area (Å²) in [7, 11) is 0. The van der Waals surface area contributed by atoms with E-state index in [4.69, 9.17) is 11.5 Å². The molecule has 1 aliphatic heterocycles. The molecular weight excluding hydrogens is 283 g/mol. The summed E-state index contributed by atoms with van der Waals surface area (Å²) < 4.78 is 39.3. The Labute approximate surface area is 120 Å². The van der Waals surface area contributed by atoms with Gasteiger partial charge in [-0.1, -0.05) is 0 Å². The van der Waals surface area contributed by atoms with Crippen molar-refractivity contribution in [1.82, 2.24) is 0 Å². The summed E-state index contributed by atoms with van der Waals surface area (Å²) in [6, 6.07) is 3.84. The molecule has 2 rings (SSSR count). The molecule has 0 bridgehead atoms. The number of halogens is 3. The van der Waals surface area contributed by atoms with Gasteiger partial charge in [-0.2, -0.15) is 13.2 Å². The summed E-state index contributed by atoms with van der Waals surface area (Å²) in [5.74, 6) is -0.209. The summed E-state index contributed by atoms with van der Waals surface area (Å²) in [6.45, 7) is 0.954. The molecule has 1 amide bonds. The van der Waals surface area contributed by atoms with Crippen LogP contribution in [0, 0.1) is 5.92 Å². The van der Waals surface area contributed by atoms with Crippen molar-refractivity contribution in [3.63, 3.8) is 0 Å². The summed E-state index contributed by atoms with van der Waals surface area (Å²) in [5, 5.41) is 0. The number of benzene rings is 1. The highest BCUT2D eigenvalue weighted by Gasteiger charge is 2.35. The smallest absolute Gasteiger partial charge is 0.399 e. The third-order valence-electron chi connectivity index (χ3n) is 3.77. The Morgan fingerprint density at radius 3 is 2.43 bits per heavy atom. The predicted octanol–water partition coefficient (Wildman–Crippen LogP) is 2.38. The van der Waals surface area contributed by atoms with Gasteiger partial charge in [0.15, 0.2) is 0 Å². The fourth-order valence-corrected chi connectivity index (χ4v) is 2.72. The van der Waals surface area contributed by atoms with Crippen LogP contribution in [-0.2, 0) is 11.0 Å². The first-order valence-corrected chi connectivity index (χ1v) is 6.77. The Kier molecular flexibility index (Phi) is 4.29. The molecule has 1 aromatic rings. The predicted molar refractivity (Wildman–Crippen MR) is 74.6 cm³/mol. The second-order valence-electron chi connectivity index (χ2n) is 5.38. The molecule has 0 aromatic heterocycles. The number of rotatable bonds is 3. The van der Waals surface area contributed by atoms with Crippen LogP contribution in [0.25, 0.3) is 0 Å². The van der Waals surface area contributed by atoms with E-state index in [1.165, 1.54) is 12.1 Å². The lowest BCUT2D eigenvalue weighted by Gasteiger charge is -2.34. The molecule has 0 unspecified atom stereocenters. The summed E-state index contributed by atoms with van der Waals surface area (Å²) in [6.07, 6.45) is -2.83. The van der Waals surface area contributed by atoms with Gasteiger partial charge in [0, 0.05) is 30.9 Å². The number of alkyl halides is 3. The van der Waals surface area contributed by atoms with Gasteiger partial charge in [0.25, 0.3) is 0 Å². The van der Waals surface area contributed by atoms with Crippen LogP contribution in [0.2, 0.25) is 0 Å². The maximum Gasteiger partial charge on any atom is 0.418 e. The molecule has 0 spiro atoms. The quantitative estimate of drug-likeness (QED) is 0.842. The minimum absolute atomic E-state index is 0.0923. The number of nitrogen functional groups attached to an aromatic ring is 1. The van der Waals surface area contributed by atoms with E-state index >= 15 is 0 Å². The Bertz CT molecular complexity index is 523. The van der Waals surface area contributed by atoms with Gasteiger partial charge >= 0.3 is 6.18 Å². The van der Waals surface area contributed by atoms with E-state index in [9.17, 15) is 18.0 Å². The van der Waals surface area contributed by atoms with E-state index in [-0.39, 0.29) is 23.2 Å². The molecule has 116 valence electrons.